The maximum absolute atomic E-state index is 13.8. The van der Waals surface area contributed by atoms with Crippen molar-refractivity contribution >= 4 is 52.0 Å². The Bertz CT molecular complexity index is 1420. The van der Waals surface area contributed by atoms with Crippen LogP contribution in [0.25, 0.3) is 10.9 Å². The van der Waals surface area contributed by atoms with E-state index in [9.17, 15) is 14.4 Å². The monoisotopic (exact) mass is 672 g/mol. The molecule has 0 aliphatic rings. The zero-order valence-electron chi connectivity index (χ0n) is 27.1. The molecule has 1 aromatic heterocycles. The molecule has 0 saturated carbocycles. The summed E-state index contributed by atoms with van der Waals surface area (Å²) < 4.78 is 0. The molecule has 46 heavy (non-hydrogen) atoms. The molecule has 11 nitrogen and oxygen atoms in total. The molecule has 0 bridgehead atoms. The molecule has 1 unspecified atom stereocenters. The van der Waals surface area contributed by atoms with E-state index in [1.165, 1.54) is 4.90 Å². The number of thioether (sulfide) groups is 1. The first-order valence-electron chi connectivity index (χ1n) is 15.7. The lowest BCUT2D eigenvalue weighted by molar-refractivity contribution is -0.141. The van der Waals surface area contributed by atoms with Gasteiger partial charge in [-0.05, 0) is 63.5 Å². The van der Waals surface area contributed by atoms with Gasteiger partial charge in [-0.25, -0.2) is 0 Å². The molecule has 0 fully saturated rings. The van der Waals surface area contributed by atoms with Crippen LogP contribution in [0.15, 0.2) is 59.6 Å². The van der Waals surface area contributed by atoms with Crippen LogP contribution in [0.3, 0.4) is 0 Å². The number of carbonyl (C=O) groups is 3. The van der Waals surface area contributed by atoms with Gasteiger partial charge in [-0.2, -0.15) is 0 Å². The molecule has 1 heterocycles. The van der Waals surface area contributed by atoms with Gasteiger partial charge in [0.15, 0.2) is 0 Å². The number of H-pyrrole nitrogens is 1. The highest BCUT2D eigenvalue weighted by Crippen LogP contribution is 2.29. The molecule has 2 aromatic carbocycles. The molecule has 3 amide bonds. The number of para-hydroxylation sites is 1. The Morgan fingerprint density at radius 2 is 1.74 bits per heavy atom. The number of likely N-dealkylation sites (N-methyl/N-ethyl adjacent to an activating group) is 2. The van der Waals surface area contributed by atoms with E-state index < -0.39 is 24.0 Å². The summed E-state index contributed by atoms with van der Waals surface area (Å²) in [7, 11) is 3.45. The molecule has 5 atom stereocenters. The van der Waals surface area contributed by atoms with E-state index in [4.69, 9.17) is 23.1 Å². The third-order valence-corrected chi connectivity index (χ3v) is 9.84. The number of alkyl halides is 1. The highest BCUT2D eigenvalue weighted by Gasteiger charge is 2.33. The van der Waals surface area contributed by atoms with Crippen molar-refractivity contribution < 1.29 is 14.4 Å². The normalized spacial score (nSPS) is 14.7. The Balaban J connectivity index is 1.75. The largest absolute Gasteiger partial charge is 0.361 e. The highest BCUT2D eigenvalue weighted by molar-refractivity contribution is 8.00. The Morgan fingerprint density at radius 3 is 2.41 bits per heavy atom. The summed E-state index contributed by atoms with van der Waals surface area (Å²) in [6.45, 7) is 4.89. The molecule has 0 aliphatic carbocycles. The van der Waals surface area contributed by atoms with E-state index in [0.717, 1.165) is 26.9 Å². The van der Waals surface area contributed by atoms with Crippen LogP contribution in [-0.2, 0) is 27.3 Å². The van der Waals surface area contributed by atoms with Crippen LogP contribution in [0.1, 0.15) is 37.8 Å². The zero-order valence-corrected chi connectivity index (χ0v) is 28.7. The number of nitrogens with one attached hydrogen (secondary N) is 5. The first-order valence-corrected chi connectivity index (χ1v) is 17.1. The van der Waals surface area contributed by atoms with Gasteiger partial charge in [0.1, 0.15) is 12.1 Å². The Labute approximate surface area is 281 Å². The summed E-state index contributed by atoms with van der Waals surface area (Å²) in [5.74, 6) is -1.09. The van der Waals surface area contributed by atoms with Crippen LogP contribution in [0.2, 0.25) is 0 Å². The number of hydrogen-bond donors (Lipinski definition) is 7. The molecule has 13 heteroatoms. The Kier molecular flexibility index (Phi) is 15.3. The number of rotatable bonds is 19. The zero-order chi connectivity index (χ0) is 33.6. The van der Waals surface area contributed by atoms with Crippen LogP contribution in [0.5, 0.6) is 0 Å². The predicted molar refractivity (Wildman–Crippen MR) is 188 cm³/mol. The number of aromatic nitrogens is 1. The second-order valence-electron chi connectivity index (χ2n) is 11.2. The second kappa shape index (κ2) is 18.9. The average Bonchev–Trinajstić information content (AvgIpc) is 3.47. The SMILES string of the molecule is CCNC(=O)[C@H](Cc1c[nH]c2ccccc12)N(C)C(=O)[C@H](CN)NC(=O)[C@H](CCCN)NCc1ccccc1SC(NC)[C@@H](C)Cl. The number of amides is 3. The molecule has 9 N–H and O–H groups in total. The number of aromatic amines is 1. The second-order valence-corrected chi connectivity index (χ2v) is 13.1. The minimum Gasteiger partial charge on any atom is -0.361 e. The number of halogens is 1. The number of nitrogens with two attached hydrogens (primary N) is 2. The first-order chi connectivity index (χ1) is 22.1. The molecule has 0 saturated heterocycles. The van der Waals surface area contributed by atoms with E-state index in [-0.39, 0.29) is 29.1 Å². The summed E-state index contributed by atoms with van der Waals surface area (Å²) in [4.78, 5) is 46.3. The number of hydrogen-bond acceptors (Lipinski definition) is 8. The number of carbonyl (C=O) groups excluding carboxylic acids is 3. The lowest BCUT2D eigenvalue weighted by atomic mass is 10.0. The number of nitrogens with zero attached hydrogens (tertiary/aromatic N) is 1. The van der Waals surface area contributed by atoms with Gasteiger partial charge >= 0.3 is 0 Å². The highest BCUT2D eigenvalue weighted by atomic mass is 35.5. The number of benzene rings is 2. The fourth-order valence-electron chi connectivity index (χ4n) is 5.26. The first kappa shape index (κ1) is 37.3. The van der Waals surface area contributed by atoms with Gasteiger partial charge in [0.25, 0.3) is 0 Å². The van der Waals surface area contributed by atoms with E-state index in [1.807, 2.05) is 75.6 Å². The van der Waals surface area contributed by atoms with Crippen LogP contribution in [-0.4, -0.2) is 90.2 Å². The van der Waals surface area contributed by atoms with Gasteiger partial charge in [-0.15, -0.1) is 23.4 Å². The van der Waals surface area contributed by atoms with Crippen molar-refractivity contribution in [3.05, 3.63) is 65.9 Å². The summed E-state index contributed by atoms with van der Waals surface area (Å²) in [5.41, 5.74) is 14.7. The average molecular weight is 673 g/mol. The molecule has 252 valence electrons. The molecule has 0 aliphatic heterocycles. The fourth-order valence-corrected chi connectivity index (χ4v) is 6.57. The van der Waals surface area contributed by atoms with Crippen LogP contribution >= 0.6 is 23.4 Å². The van der Waals surface area contributed by atoms with E-state index in [0.29, 0.717) is 38.9 Å². The lowest BCUT2D eigenvalue weighted by Gasteiger charge is -2.31. The van der Waals surface area contributed by atoms with Gasteiger partial charge < -0.3 is 42.6 Å². The van der Waals surface area contributed by atoms with Crippen molar-refractivity contribution in [2.75, 3.05) is 33.7 Å². The Hall–Kier alpha value is -3.13. The van der Waals surface area contributed by atoms with Gasteiger partial charge in [-0.1, -0.05) is 36.4 Å². The fraction of sp³-hybridized carbons (Fsp3) is 0.485. The molecule has 3 aromatic rings. The standard InChI is InChI=1S/C33H49ClN8O3S/c1-5-38-31(44)28(17-23-20-39-25-13-8-7-12-24(23)25)42(4)33(45)27(18-36)41-30(43)26(14-10-16-35)40-19-22-11-6-9-15-29(22)46-32(37-3)21(2)34/h6-9,11-13,15,20-21,26-28,32,37,39-40H,5,10,14,16-19,35-36H2,1-4H3,(H,38,44)(H,41,43)/t21-,26+,27+,28+,32?/m1/s1. The van der Waals surface area contributed by atoms with E-state index in [1.54, 1.807) is 18.8 Å². The third kappa shape index (κ3) is 10.2. The van der Waals surface area contributed by atoms with Gasteiger partial charge in [0.05, 0.1) is 16.8 Å². The van der Waals surface area contributed by atoms with Crippen molar-refractivity contribution in [1.29, 1.82) is 0 Å². The summed E-state index contributed by atoms with van der Waals surface area (Å²) in [5, 5.41) is 13.2. The topological polar surface area (TPSA) is 170 Å². The summed E-state index contributed by atoms with van der Waals surface area (Å²) >= 11 is 7.99. The number of fused-ring (bicyclic) bond motifs is 1. The van der Waals surface area contributed by atoms with E-state index >= 15 is 0 Å². The van der Waals surface area contributed by atoms with Crippen molar-refractivity contribution in [3.8, 4) is 0 Å². The van der Waals surface area contributed by atoms with Crippen LogP contribution in [0, 0.1) is 0 Å². The smallest absolute Gasteiger partial charge is 0.246 e. The molecule has 0 spiro atoms. The van der Waals surface area contributed by atoms with Crippen molar-refractivity contribution in [1.82, 2.24) is 31.2 Å². The quantitative estimate of drug-likeness (QED) is 0.0578. The minimum atomic E-state index is -1.02. The van der Waals surface area contributed by atoms with Gasteiger partial charge in [0.2, 0.25) is 17.7 Å². The Morgan fingerprint density at radius 1 is 1.02 bits per heavy atom. The predicted octanol–water partition coefficient (Wildman–Crippen LogP) is 2.28. The van der Waals surface area contributed by atoms with Crippen LogP contribution < -0.4 is 32.7 Å². The summed E-state index contributed by atoms with van der Waals surface area (Å²) in [6.07, 6.45) is 3.23. The summed E-state index contributed by atoms with van der Waals surface area (Å²) in [6, 6.07) is 13.3. The third-order valence-electron chi connectivity index (χ3n) is 7.89. The maximum Gasteiger partial charge on any atom is 0.246 e. The lowest BCUT2D eigenvalue weighted by Crippen LogP contribution is -2.59. The maximum atomic E-state index is 13.8. The van der Waals surface area contributed by atoms with Crippen molar-refractivity contribution in [3.63, 3.8) is 0 Å². The molecule has 0 radical (unpaired) electrons. The van der Waals surface area contributed by atoms with Crippen molar-refractivity contribution in [2.24, 2.45) is 11.5 Å². The molecular formula is C33H49ClN8O3S. The minimum absolute atomic E-state index is 0.00617. The van der Waals surface area contributed by atoms with Gasteiger partial charge in [-0.3, -0.25) is 14.4 Å². The molecular weight excluding hydrogens is 624 g/mol. The van der Waals surface area contributed by atoms with Gasteiger partial charge in [0, 0.05) is 55.1 Å². The van der Waals surface area contributed by atoms with E-state index in [2.05, 4.69) is 26.3 Å². The molecule has 3 rings (SSSR count). The van der Waals surface area contributed by atoms with Crippen LogP contribution in [0.4, 0.5) is 0 Å². The van der Waals surface area contributed by atoms with Crippen molar-refractivity contribution in [2.45, 2.75) is 73.4 Å².